The molecule has 1 atom stereocenters. The molecule has 30 heavy (non-hydrogen) atoms. The van der Waals surface area contributed by atoms with Crippen LogP contribution in [0.3, 0.4) is 0 Å². The van der Waals surface area contributed by atoms with Crippen LogP contribution in [-0.2, 0) is 9.73 Å². The zero-order valence-corrected chi connectivity index (χ0v) is 17.7. The van der Waals surface area contributed by atoms with Gasteiger partial charge in [-0.15, -0.1) is 0 Å². The average molecular weight is 424 g/mol. The van der Waals surface area contributed by atoms with Crippen LogP contribution in [0.5, 0.6) is 0 Å². The van der Waals surface area contributed by atoms with Crippen LogP contribution in [0.1, 0.15) is 25.7 Å². The molecule has 1 aliphatic rings. The predicted octanol–water partition coefficient (Wildman–Crippen LogP) is 3.94. The van der Waals surface area contributed by atoms with Gasteiger partial charge in [-0.2, -0.15) is 5.10 Å². The lowest BCUT2D eigenvalue weighted by Crippen LogP contribution is -2.36. The molecule has 3 N–H and O–H groups in total. The molecular formula is C21H25N7OS. The molecule has 0 amide bonds. The van der Waals surface area contributed by atoms with E-state index in [4.69, 9.17) is 4.78 Å². The van der Waals surface area contributed by atoms with Gasteiger partial charge in [0.15, 0.2) is 0 Å². The van der Waals surface area contributed by atoms with E-state index in [-0.39, 0.29) is 0 Å². The Morgan fingerprint density at radius 2 is 2.03 bits per heavy atom. The summed E-state index contributed by atoms with van der Waals surface area (Å²) in [5.41, 5.74) is 1.75. The molecule has 1 fully saturated rings. The standard InChI is InChI=1S/C21H25N7OS/c1-28(21-18-8-9-23-20(18)24-13-25-21)16-4-2-14(3-5-16)12-30(22,29)17-6-7-19-15(10-17)11-26-27-19/h6-11,13-14,16,22H,2-5,12H2,1H3,(H,26,27)(H,23,24,25). The van der Waals surface area contributed by atoms with E-state index in [2.05, 4.69) is 37.1 Å². The number of nitrogens with zero attached hydrogens (tertiary/aromatic N) is 4. The summed E-state index contributed by atoms with van der Waals surface area (Å²) in [4.78, 5) is 14.8. The second kappa shape index (κ2) is 7.39. The minimum Gasteiger partial charge on any atom is -0.356 e. The Kier molecular flexibility index (Phi) is 4.69. The summed E-state index contributed by atoms with van der Waals surface area (Å²) in [5, 5.41) is 8.84. The van der Waals surface area contributed by atoms with E-state index in [9.17, 15) is 4.21 Å². The summed E-state index contributed by atoms with van der Waals surface area (Å²) < 4.78 is 21.7. The van der Waals surface area contributed by atoms with Gasteiger partial charge in [0.2, 0.25) is 0 Å². The number of anilines is 1. The topological polar surface area (TPSA) is 114 Å². The zero-order chi connectivity index (χ0) is 20.7. The lowest BCUT2D eigenvalue weighted by Gasteiger charge is -2.35. The molecule has 3 heterocycles. The van der Waals surface area contributed by atoms with Crippen molar-refractivity contribution >= 4 is 37.5 Å². The Hall–Kier alpha value is -2.94. The molecule has 0 saturated heterocycles. The van der Waals surface area contributed by atoms with Crippen molar-refractivity contribution in [1.82, 2.24) is 25.1 Å². The molecule has 3 aromatic heterocycles. The molecule has 4 aromatic rings. The normalized spacial score (nSPS) is 21.6. The van der Waals surface area contributed by atoms with Crippen molar-refractivity contribution in [3.8, 4) is 0 Å². The average Bonchev–Trinajstić information content (AvgIpc) is 3.42. The van der Waals surface area contributed by atoms with Gasteiger partial charge in [0.25, 0.3) is 0 Å². The Labute approximate surface area is 175 Å². The van der Waals surface area contributed by atoms with Gasteiger partial charge in [-0.3, -0.25) is 5.10 Å². The quantitative estimate of drug-likeness (QED) is 0.450. The summed E-state index contributed by atoms with van der Waals surface area (Å²) in [5.74, 6) is 1.67. The summed E-state index contributed by atoms with van der Waals surface area (Å²) in [7, 11) is -0.730. The number of benzene rings is 1. The maximum atomic E-state index is 13.2. The van der Waals surface area contributed by atoms with E-state index in [1.165, 1.54) is 0 Å². The van der Waals surface area contributed by atoms with Crippen LogP contribution in [0.2, 0.25) is 0 Å². The molecule has 0 bridgehead atoms. The number of aromatic amines is 2. The molecule has 9 heteroatoms. The van der Waals surface area contributed by atoms with Crippen molar-refractivity contribution in [2.45, 2.75) is 36.6 Å². The molecule has 1 unspecified atom stereocenters. The fraction of sp³-hybridized carbons (Fsp3) is 0.381. The van der Waals surface area contributed by atoms with E-state index in [1.54, 1.807) is 18.6 Å². The van der Waals surface area contributed by atoms with Crippen LogP contribution in [0.4, 0.5) is 5.82 Å². The van der Waals surface area contributed by atoms with Crippen molar-refractivity contribution in [1.29, 1.82) is 4.78 Å². The first kappa shape index (κ1) is 19.0. The zero-order valence-electron chi connectivity index (χ0n) is 16.8. The van der Waals surface area contributed by atoms with Crippen molar-refractivity contribution in [3.05, 3.63) is 43.0 Å². The first-order valence-electron chi connectivity index (χ1n) is 10.2. The maximum absolute atomic E-state index is 13.2. The van der Waals surface area contributed by atoms with Gasteiger partial charge in [-0.05, 0) is 55.9 Å². The first-order chi connectivity index (χ1) is 14.5. The SMILES string of the molecule is CN(c1ncnc2[nH]ccc12)C1CCC(CS(=N)(=O)c2ccc3[nH]ncc3c2)CC1. The molecule has 1 saturated carbocycles. The molecule has 8 nitrogen and oxygen atoms in total. The van der Waals surface area contributed by atoms with Gasteiger partial charge < -0.3 is 9.88 Å². The molecule has 0 aliphatic heterocycles. The van der Waals surface area contributed by atoms with Crippen molar-refractivity contribution in [2.75, 3.05) is 17.7 Å². The van der Waals surface area contributed by atoms with Gasteiger partial charge in [-0.1, -0.05) is 0 Å². The van der Waals surface area contributed by atoms with Gasteiger partial charge in [-0.25, -0.2) is 19.0 Å². The third-order valence-corrected chi connectivity index (χ3v) is 8.25. The van der Waals surface area contributed by atoms with Gasteiger partial charge in [0, 0.05) is 35.3 Å². The lowest BCUT2D eigenvalue weighted by atomic mass is 9.86. The van der Waals surface area contributed by atoms with Crippen LogP contribution in [0, 0.1) is 10.7 Å². The molecule has 5 rings (SSSR count). The summed E-state index contributed by atoms with van der Waals surface area (Å²) >= 11 is 0. The highest BCUT2D eigenvalue weighted by Crippen LogP contribution is 2.33. The maximum Gasteiger partial charge on any atom is 0.142 e. The molecular weight excluding hydrogens is 398 g/mol. The Bertz CT molecular complexity index is 1280. The number of nitrogens with one attached hydrogen (secondary N) is 3. The Morgan fingerprint density at radius 1 is 1.20 bits per heavy atom. The van der Waals surface area contributed by atoms with Crippen LogP contribution < -0.4 is 4.90 Å². The van der Waals surface area contributed by atoms with E-state index >= 15 is 0 Å². The van der Waals surface area contributed by atoms with Gasteiger partial charge >= 0.3 is 0 Å². The Morgan fingerprint density at radius 3 is 2.87 bits per heavy atom. The molecule has 0 radical (unpaired) electrons. The number of hydrogen-bond donors (Lipinski definition) is 3. The monoisotopic (exact) mass is 423 g/mol. The number of aromatic nitrogens is 5. The second-order valence-corrected chi connectivity index (χ2v) is 10.3. The van der Waals surface area contributed by atoms with Crippen molar-refractivity contribution in [3.63, 3.8) is 0 Å². The molecule has 1 aliphatic carbocycles. The predicted molar refractivity (Wildman–Crippen MR) is 118 cm³/mol. The molecule has 0 spiro atoms. The molecule has 1 aromatic carbocycles. The number of rotatable bonds is 5. The lowest BCUT2D eigenvalue weighted by molar-refractivity contribution is 0.342. The number of hydrogen-bond acceptors (Lipinski definition) is 6. The van der Waals surface area contributed by atoms with Crippen molar-refractivity contribution in [2.24, 2.45) is 5.92 Å². The number of H-pyrrole nitrogens is 2. The highest BCUT2D eigenvalue weighted by molar-refractivity contribution is 7.92. The molecule has 156 valence electrons. The summed E-state index contributed by atoms with van der Waals surface area (Å²) in [6, 6.07) is 7.90. The van der Waals surface area contributed by atoms with Crippen LogP contribution >= 0.6 is 0 Å². The minimum absolute atomic E-state index is 0.303. The third kappa shape index (κ3) is 3.43. The summed E-state index contributed by atoms with van der Waals surface area (Å²) in [6.45, 7) is 0. The second-order valence-electron chi connectivity index (χ2n) is 8.18. The van der Waals surface area contributed by atoms with E-state index < -0.39 is 9.73 Å². The largest absolute Gasteiger partial charge is 0.356 e. The minimum atomic E-state index is -2.82. The van der Waals surface area contributed by atoms with Crippen LogP contribution in [0.15, 0.2) is 47.9 Å². The Balaban J connectivity index is 1.26. The smallest absolute Gasteiger partial charge is 0.142 e. The highest BCUT2D eigenvalue weighted by atomic mass is 32.2. The number of fused-ring (bicyclic) bond motifs is 2. The van der Waals surface area contributed by atoms with E-state index in [1.807, 2.05) is 24.4 Å². The van der Waals surface area contributed by atoms with Gasteiger partial charge in [0.1, 0.15) is 17.8 Å². The van der Waals surface area contributed by atoms with Crippen molar-refractivity contribution < 1.29 is 4.21 Å². The van der Waals surface area contributed by atoms with Crippen LogP contribution in [0.25, 0.3) is 21.9 Å². The van der Waals surface area contributed by atoms with E-state index in [0.29, 0.717) is 22.6 Å². The third-order valence-electron chi connectivity index (χ3n) is 6.29. The fourth-order valence-electron chi connectivity index (χ4n) is 4.57. The van der Waals surface area contributed by atoms with Gasteiger partial charge in [0.05, 0.1) is 26.8 Å². The first-order valence-corrected chi connectivity index (χ1v) is 11.9. The summed E-state index contributed by atoms with van der Waals surface area (Å²) in [6.07, 6.45) is 9.16. The highest BCUT2D eigenvalue weighted by Gasteiger charge is 2.28. The fourth-order valence-corrected chi connectivity index (χ4v) is 6.36. The van der Waals surface area contributed by atoms with Crippen LogP contribution in [-0.4, -0.2) is 48.2 Å². The van der Waals surface area contributed by atoms with E-state index in [0.717, 1.165) is 53.4 Å².